The second-order valence-corrected chi connectivity index (χ2v) is 4.98. The molecule has 0 unspecified atom stereocenters. The van der Waals surface area contributed by atoms with Crippen LogP contribution >= 0.6 is 24.8 Å². The molecule has 1 fully saturated rings. The zero-order valence-corrected chi connectivity index (χ0v) is 13.9. The second-order valence-electron chi connectivity index (χ2n) is 4.98. The van der Waals surface area contributed by atoms with Crippen molar-refractivity contribution in [2.24, 2.45) is 5.73 Å². The number of piperazine rings is 1. The van der Waals surface area contributed by atoms with Gasteiger partial charge in [0, 0.05) is 45.2 Å². The SMILES string of the molecule is Cc1cc(CN2CCN(C(=O)CCCN)CC2)no1.Cl.Cl. The van der Waals surface area contributed by atoms with Gasteiger partial charge in [-0.15, -0.1) is 24.8 Å². The summed E-state index contributed by atoms with van der Waals surface area (Å²) in [5, 5.41) is 3.99. The van der Waals surface area contributed by atoms with E-state index in [-0.39, 0.29) is 30.7 Å². The van der Waals surface area contributed by atoms with Crippen LogP contribution in [0.2, 0.25) is 0 Å². The van der Waals surface area contributed by atoms with E-state index in [2.05, 4.69) is 10.1 Å². The summed E-state index contributed by atoms with van der Waals surface area (Å²) in [6.45, 7) is 6.63. The Kier molecular flexibility index (Phi) is 9.61. The fourth-order valence-corrected chi connectivity index (χ4v) is 2.29. The molecule has 1 aromatic rings. The van der Waals surface area contributed by atoms with E-state index in [1.54, 1.807) is 0 Å². The van der Waals surface area contributed by atoms with Gasteiger partial charge in [-0.05, 0) is 19.9 Å². The van der Waals surface area contributed by atoms with E-state index in [1.165, 1.54) is 0 Å². The van der Waals surface area contributed by atoms with Crippen molar-refractivity contribution in [2.45, 2.75) is 26.3 Å². The van der Waals surface area contributed by atoms with Gasteiger partial charge in [0.25, 0.3) is 0 Å². The number of carbonyl (C=O) groups is 1. The van der Waals surface area contributed by atoms with Gasteiger partial charge in [-0.25, -0.2) is 0 Å². The molecule has 1 aliphatic rings. The minimum Gasteiger partial charge on any atom is -0.361 e. The number of nitrogens with two attached hydrogens (primary N) is 1. The fraction of sp³-hybridized carbons (Fsp3) is 0.692. The van der Waals surface area contributed by atoms with Crippen LogP contribution in [0.5, 0.6) is 0 Å². The first-order valence-corrected chi connectivity index (χ1v) is 6.81. The number of aryl methyl sites for hydroxylation is 1. The average molecular weight is 339 g/mol. The quantitative estimate of drug-likeness (QED) is 0.873. The molecule has 6 nitrogen and oxygen atoms in total. The van der Waals surface area contributed by atoms with Crippen molar-refractivity contribution >= 4 is 30.7 Å². The van der Waals surface area contributed by atoms with Crippen molar-refractivity contribution in [3.63, 3.8) is 0 Å². The standard InChI is InChI=1S/C13H22N4O2.2ClH/c1-11-9-12(15-19-11)10-16-5-7-17(8-6-16)13(18)3-2-4-14;;/h9H,2-8,10,14H2,1H3;2*1H. The Labute approximate surface area is 137 Å². The monoisotopic (exact) mass is 338 g/mol. The van der Waals surface area contributed by atoms with Crippen molar-refractivity contribution in [1.82, 2.24) is 15.0 Å². The third kappa shape index (κ3) is 6.22. The van der Waals surface area contributed by atoms with E-state index in [0.29, 0.717) is 13.0 Å². The number of amides is 1. The summed E-state index contributed by atoms with van der Waals surface area (Å²) in [6.07, 6.45) is 1.34. The summed E-state index contributed by atoms with van der Waals surface area (Å²) >= 11 is 0. The Balaban J connectivity index is 0.00000200. The molecule has 1 amide bonds. The van der Waals surface area contributed by atoms with Crippen LogP contribution in [-0.4, -0.2) is 53.6 Å². The van der Waals surface area contributed by atoms with Gasteiger partial charge in [0.2, 0.25) is 5.91 Å². The molecule has 0 bridgehead atoms. The van der Waals surface area contributed by atoms with Crippen LogP contribution in [0.15, 0.2) is 10.6 Å². The molecule has 0 spiro atoms. The lowest BCUT2D eigenvalue weighted by Gasteiger charge is -2.34. The molecule has 2 N–H and O–H groups in total. The Morgan fingerprint density at radius 2 is 2.00 bits per heavy atom. The summed E-state index contributed by atoms with van der Waals surface area (Å²) in [5.74, 6) is 1.06. The highest BCUT2D eigenvalue weighted by Gasteiger charge is 2.21. The molecule has 1 aliphatic heterocycles. The van der Waals surface area contributed by atoms with Crippen LogP contribution < -0.4 is 5.73 Å². The van der Waals surface area contributed by atoms with Crippen LogP contribution in [-0.2, 0) is 11.3 Å². The Morgan fingerprint density at radius 1 is 1.33 bits per heavy atom. The lowest BCUT2D eigenvalue weighted by Crippen LogP contribution is -2.48. The molecule has 0 radical (unpaired) electrons. The van der Waals surface area contributed by atoms with Gasteiger partial charge in [0.05, 0.1) is 5.69 Å². The topological polar surface area (TPSA) is 75.6 Å². The molecule has 122 valence electrons. The van der Waals surface area contributed by atoms with Gasteiger partial charge in [-0.3, -0.25) is 9.69 Å². The van der Waals surface area contributed by atoms with E-state index in [4.69, 9.17) is 10.3 Å². The molecule has 8 heteroatoms. The largest absolute Gasteiger partial charge is 0.361 e. The zero-order valence-electron chi connectivity index (χ0n) is 12.3. The van der Waals surface area contributed by atoms with Gasteiger partial charge >= 0.3 is 0 Å². The van der Waals surface area contributed by atoms with Gasteiger partial charge < -0.3 is 15.2 Å². The van der Waals surface area contributed by atoms with Gasteiger partial charge in [-0.2, -0.15) is 0 Å². The maximum Gasteiger partial charge on any atom is 0.222 e. The molecule has 0 saturated carbocycles. The predicted molar refractivity (Wildman–Crippen MR) is 85.9 cm³/mol. The van der Waals surface area contributed by atoms with E-state index < -0.39 is 0 Å². The number of rotatable bonds is 5. The Hall–Kier alpha value is -0.820. The molecule has 0 atom stereocenters. The highest BCUT2D eigenvalue weighted by atomic mass is 35.5. The van der Waals surface area contributed by atoms with Gasteiger partial charge in [0.15, 0.2) is 0 Å². The van der Waals surface area contributed by atoms with E-state index >= 15 is 0 Å². The van der Waals surface area contributed by atoms with Crippen LogP contribution in [0.25, 0.3) is 0 Å². The average Bonchev–Trinajstić information content (AvgIpc) is 2.82. The summed E-state index contributed by atoms with van der Waals surface area (Å²) in [7, 11) is 0. The summed E-state index contributed by atoms with van der Waals surface area (Å²) in [4.78, 5) is 16.1. The zero-order chi connectivity index (χ0) is 13.7. The van der Waals surface area contributed by atoms with Crippen LogP contribution in [0.4, 0.5) is 0 Å². The van der Waals surface area contributed by atoms with Gasteiger partial charge in [0.1, 0.15) is 5.76 Å². The van der Waals surface area contributed by atoms with E-state index in [1.807, 2.05) is 17.9 Å². The number of halogens is 2. The Morgan fingerprint density at radius 3 is 2.52 bits per heavy atom. The third-order valence-corrected chi connectivity index (χ3v) is 3.38. The molecule has 1 aromatic heterocycles. The molecule has 21 heavy (non-hydrogen) atoms. The first-order valence-electron chi connectivity index (χ1n) is 6.81. The summed E-state index contributed by atoms with van der Waals surface area (Å²) < 4.78 is 5.06. The van der Waals surface area contributed by atoms with Crippen molar-refractivity contribution in [3.8, 4) is 0 Å². The molecule has 1 saturated heterocycles. The Bertz CT molecular complexity index is 420. The normalized spacial score (nSPS) is 15.2. The van der Waals surface area contributed by atoms with Gasteiger partial charge in [-0.1, -0.05) is 5.16 Å². The maximum absolute atomic E-state index is 11.8. The van der Waals surface area contributed by atoms with Crippen molar-refractivity contribution in [2.75, 3.05) is 32.7 Å². The minimum atomic E-state index is 0. The minimum absolute atomic E-state index is 0. The molecule has 2 heterocycles. The van der Waals surface area contributed by atoms with Crippen molar-refractivity contribution < 1.29 is 9.32 Å². The fourth-order valence-electron chi connectivity index (χ4n) is 2.29. The number of carbonyl (C=O) groups excluding carboxylic acids is 1. The number of nitrogens with zero attached hydrogens (tertiary/aromatic N) is 3. The van der Waals surface area contributed by atoms with Crippen LogP contribution in [0, 0.1) is 6.92 Å². The highest BCUT2D eigenvalue weighted by Crippen LogP contribution is 2.10. The van der Waals surface area contributed by atoms with Crippen LogP contribution in [0.3, 0.4) is 0 Å². The molecular weight excluding hydrogens is 315 g/mol. The van der Waals surface area contributed by atoms with Crippen molar-refractivity contribution in [3.05, 3.63) is 17.5 Å². The second kappa shape index (κ2) is 10.00. The smallest absolute Gasteiger partial charge is 0.222 e. The molecule has 2 rings (SSSR count). The number of hydrogen-bond acceptors (Lipinski definition) is 5. The lowest BCUT2D eigenvalue weighted by atomic mass is 10.2. The maximum atomic E-state index is 11.8. The predicted octanol–water partition coefficient (Wildman–Crippen LogP) is 1.21. The number of aromatic nitrogens is 1. The number of hydrogen-bond donors (Lipinski definition) is 1. The van der Waals surface area contributed by atoms with E-state index in [0.717, 1.165) is 50.6 Å². The third-order valence-electron chi connectivity index (χ3n) is 3.38. The molecule has 0 aliphatic carbocycles. The van der Waals surface area contributed by atoms with E-state index in [9.17, 15) is 4.79 Å². The molecular formula is C13H24Cl2N4O2. The first-order chi connectivity index (χ1) is 9.19. The first kappa shape index (κ1) is 20.2. The molecule has 0 aromatic carbocycles. The summed E-state index contributed by atoms with van der Waals surface area (Å²) in [6, 6.07) is 1.96. The van der Waals surface area contributed by atoms with Crippen molar-refractivity contribution in [1.29, 1.82) is 0 Å². The summed E-state index contributed by atoms with van der Waals surface area (Å²) in [5.41, 5.74) is 6.38. The highest BCUT2D eigenvalue weighted by molar-refractivity contribution is 5.85. The lowest BCUT2D eigenvalue weighted by molar-refractivity contribution is -0.133. The van der Waals surface area contributed by atoms with Crippen LogP contribution in [0.1, 0.15) is 24.3 Å².